The molecule has 0 radical (unpaired) electrons. The fourth-order valence-electron chi connectivity index (χ4n) is 3.85. The van der Waals surface area contributed by atoms with E-state index >= 15 is 0 Å². The third-order valence-electron chi connectivity index (χ3n) is 5.43. The molecule has 0 bridgehead atoms. The number of carbonyl (C=O) groups excluding carboxylic acids is 1. The molecule has 32 heavy (non-hydrogen) atoms. The summed E-state index contributed by atoms with van der Waals surface area (Å²) in [6.45, 7) is 4.25. The average Bonchev–Trinajstić information content (AvgIpc) is 2.75. The van der Waals surface area contributed by atoms with Crippen molar-refractivity contribution in [2.45, 2.75) is 26.9 Å². The van der Waals surface area contributed by atoms with E-state index in [1.807, 2.05) is 26.0 Å². The highest BCUT2D eigenvalue weighted by Crippen LogP contribution is 2.22. The minimum atomic E-state index is -0.352. The lowest BCUT2D eigenvalue weighted by atomic mass is 10.0. The van der Waals surface area contributed by atoms with E-state index in [0.717, 1.165) is 27.6 Å². The van der Waals surface area contributed by atoms with Gasteiger partial charge in [0.2, 0.25) is 0 Å². The van der Waals surface area contributed by atoms with Gasteiger partial charge in [0, 0.05) is 23.0 Å². The van der Waals surface area contributed by atoms with Crippen molar-refractivity contribution in [3.63, 3.8) is 0 Å². The summed E-state index contributed by atoms with van der Waals surface area (Å²) in [5.74, 6) is -0.658. The highest BCUT2D eigenvalue weighted by molar-refractivity contribution is 6.33. The van der Waals surface area contributed by atoms with Gasteiger partial charge in [0.05, 0.1) is 17.1 Å². The van der Waals surface area contributed by atoms with Crippen LogP contribution in [0.3, 0.4) is 0 Å². The van der Waals surface area contributed by atoms with Crippen LogP contribution in [-0.2, 0) is 13.1 Å². The van der Waals surface area contributed by atoms with Gasteiger partial charge in [-0.15, -0.1) is 0 Å². The minimum absolute atomic E-state index is 0.0834. The largest absolute Gasteiger partial charge is 0.330 e. The number of amides is 1. The normalized spacial score (nSPS) is 11.0. The first-order chi connectivity index (χ1) is 15.3. The molecular formula is C26H22ClFN2O2. The molecule has 1 heterocycles. The number of aromatic amines is 1. The number of nitrogens with zero attached hydrogens (tertiary/aromatic N) is 1. The Hall–Kier alpha value is -3.44. The molecule has 0 saturated heterocycles. The monoisotopic (exact) mass is 448 g/mol. The molecule has 0 atom stereocenters. The van der Waals surface area contributed by atoms with E-state index in [1.54, 1.807) is 41.3 Å². The fraction of sp³-hybridized carbons (Fsp3) is 0.154. The second-order valence-electron chi connectivity index (χ2n) is 7.93. The molecule has 4 rings (SSSR count). The topological polar surface area (TPSA) is 53.2 Å². The lowest BCUT2D eigenvalue weighted by Gasteiger charge is -2.23. The predicted octanol–water partition coefficient (Wildman–Crippen LogP) is 5.78. The molecule has 1 N–H and O–H groups in total. The number of hydrogen-bond acceptors (Lipinski definition) is 2. The van der Waals surface area contributed by atoms with Gasteiger partial charge in [-0.3, -0.25) is 9.59 Å². The smallest absolute Gasteiger partial charge is 0.255 e. The van der Waals surface area contributed by atoms with E-state index in [0.29, 0.717) is 16.1 Å². The van der Waals surface area contributed by atoms with Crippen LogP contribution in [0.15, 0.2) is 71.5 Å². The van der Waals surface area contributed by atoms with Crippen LogP contribution in [0.1, 0.15) is 32.6 Å². The number of hydrogen-bond donors (Lipinski definition) is 1. The van der Waals surface area contributed by atoms with Crippen molar-refractivity contribution < 1.29 is 9.18 Å². The van der Waals surface area contributed by atoms with Crippen molar-refractivity contribution in [2.24, 2.45) is 0 Å². The lowest BCUT2D eigenvalue weighted by molar-refractivity contribution is 0.0729. The van der Waals surface area contributed by atoms with Gasteiger partial charge in [0.1, 0.15) is 5.82 Å². The number of aromatic nitrogens is 1. The number of nitrogens with one attached hydrogen (secondary N) is 1. The Morgan fingerprint density at radius 3 is 2.44 bits per heavy atom. The van der Waals surface area contributed by atoms with Gasteiger partial charge < -0.3 is 9.88 Å². The van der Waals surface area contributed by atoms with Gasteiger partial charge >= 0.3 is 0 Å². The van der Waals surface area contributed by atoms with Gasteiger partial charge in [-0.1, -0.05) is 41.9 Å². The number of pyridine rings is 1. The van der Waals surface area contributed by atoms with Gasteiger partial charge in [-0.05, 0) is 66.9 Å². The van der Waals surface area contributed by atoms with Crippen molar-refractivity contribution >= 4 is 28.4 Å². The summed E-state index contributed by atoms with van der Waals surface area (Å²) >= 11 is 6.27. The summed E-state index contributed by atoms with van der Waals surface area (Å²) in [7, 11) is 0. The second-order valence-corrected chi connectivity index (χ2v) is 8.34. The number of halogens is 2. The molecule has 0 spiro atoms. The molecule has 0 aliphatic heterocycles. The number of rotatable bonds is 5. The SMILES string of the molecule is Cc1cc(C)c2cc(CN(Cc3ccc(F)cc3)C(=O)c3ccccc3Cl)c(=O)[nH]c2c1. The van der Waals surface area contributed by atoms with Crippen molar-refractivity contribution in [2.75, 3.05) is 0 Å². The van der Waals surface area contributed by atoms with Crippen molar-refractivity contribution in [1.29, 1.82) is 0 Å². The molecule has 0 fully saturated rings. The molecule has 1 amide bonds. The first kappa shape index (κ1) is 21.8. The zero-order chi connectivity index (χ0) is 22.8. The standard InChI is InChI=1S/C26H22ClFN2O2/c1-16-11-17(2)22-13-19(25(31)29-24(22)12-16)15-30(14-18-7-9-20(28)10-8-18)26(32)21-5-3-4-6-23(21)27/h3-13H,14-15H2,1-2H3,(H,29,31). The Bertz CT molecular complexity index is 1360. The fourth-order valence-corrected chi connectivity index (χ4v) is 4.07. The summed E-state index contributed by atoms with van der Waals surface area (Å²) < 4.78 is 13.4. The van der Waals surface area contributed by atoms with Crippen molar-refractivity contribution in [1.82, 2.24) is 9.88 Å². The Kier molecular flexibility index (Phi) is 6.10. The number of fused-ring (bicyclic) bond motifs is 1. The Labute approximate surface area is 190 Å². The average molecular weight is 449 g/mol. The predicted molar refractivity (Wildman–Crippen MR) is 125 cm³/mol. The first-order valence-electron chi connectivity index (χ1n) is 10.2. The number of aryl methyl sites for hydroxylation is 2. The number of H-pyrrole nitrogens is 1. The molecule has 0 aliphatic carbocycles. The molecule has 162 valence electrons. The van der Waals surface area contributed by atoms with Crippen LogP contribution in [0.5, 0.6) is 0 Å². The van der Waals surface area contributed by atoms with E-state index in [9.17, 15) is 14.0 Å². The highest BCUT2D eigenvalue weighted by atomic mass is 35.5. The molecule has 0 aliphatic rings. The molecule has 4 aromatic rings. The Morgan fingerprint density at radius 2 is 1.72 bits per heavy atom. The van der Waals surface area contributed by atoms with Gasteiger partial charge in [-0.2, -0.15) is 0 Å². The van der Waals surface area contributed by atoms with E-state index in [2.05, 4.69) is 11.1 Å². The summed E-state index contributed by atoms with van der Waals surface area (Å²) in [4.78, 5) is 30.7. The summed E-state index contributed by atoms with van der Waals surface area (Å²) in [5, 5.41) is 1.26. The van der Waals surface area contributed by atoms with Crippen molar-refractivity contribution in [3.8, 4) is 0 Å². The number of benzene rings is 3. The van der Waals surface area contributed by atoms with E-state index in [-0.39, 0.29) is 30.4 Å². The van der Waals surface area contributed by atoms with E-state index in [1.165, 1.54) is 12.1 Å². The molecule has 0 unspecified atom stereocenters. The summed E-state index contributed by atoms with van der Waals surface area (Å²) in [6, 6.07) is 18.6. The lowest BCUT2D eigenvalue weighted by Crippen LogP contribution is -2.32. The minimum Gasteiger partial charge on any atom is -0.330 e. The highest BCUT2D eigenvalue weighted by Gasteiger charge is 2.20. The van der Waals surface area contributed by atoms with Crippen LogP contribution in [0.25, 0.3) is 10.9 Å². The van der Waals surface area contributed by atoms with Crippen LogP contribution in [0.2, 0.25) is 5.02 Å². The molecule has 3 aromatic carbocycles. The third-order valence-corrected chi connectivity index (χ3v) is 5.76. The quantitative estimate of drug-likeness (QED) is 0.420. The number of carbonyl (C=O) groups is 1. The van der Waals surface area contributed by atoms with Crippen LogP contribution in [-0.4, -0.2) is 15.8 Å². The zero-order valence-corrected chi connectivity index (χ0v) is 18.5. The Balaban J connectivity index is 1.75. The Morgan fingerprint density at radius 1 is 1.00 bits per heavy atom. The second kappa shape index (κ2) is 8.97. The maximum Gasteiger partial charge on any atom is 0.255 e. The van der Waals surface area contributed by atoms with Crippen LogP contribution >= 0.6 is 11.6 Å². The molecule has 4 nitrogen and oxygen atoms in total. The van der Waals surface area contributed by atoms with Crippen LogP contribution < -0.4 is 5.56 Å². The molecular weight excluding hydrogens is 427 g/mol. The zero-order valence-electron chi connectivity index (χ0n) is 17.8. The van der Waals surface area contributed by atoms with Crippen molar-refractivity contribution in [3.05, 3.63) is 116 Å². The molecule has 0 saturated carbocycles. The third kappa shape index (κ3) is 4.58. The van der Waals surface area contributed by atoms with E-state index in [4.69, 9.17) is 11.6 Å². The molecule has 6 heteroatoms. The maximum absolute atomic E-state index is 13.4. The van der Waals surface area contributed by atoms with Crippen LogP contribution in [0.4, 0.5) is 4.39 Å². The molecule has 1 aromatic heterocycles. The van der Waals surface area contributed by atoms with Gasteiger partial charge in [0.15, 0.2) is 0 Å². The van der Waals surface area contributed by atoms with Gasteiger partial charge in [0.25, 0.3) is 11.5 Å². The van der Waals surface area contributed by atoms with Gasteiger partial charge in [-0.25, -0.2) is 4.39 Å². The maximum atomic E-state index is 13.4. The first-order valence-corrected chi connectivity index (χ1v) is 10.6. The summed E-state index contributed by atoms with van der Waals surface area (Å²) in [5.41, 5.74) is 4.17. The van der Waals surface area contributed by atoms with Crippen LogP contribution in [0, 0.1) is 19.7 Å². The summed E-state index contributed by atoms with van der Waals surface area (Å²) in [6.07, 6.45) is 0. The van der Waals surface area contributed by atoms with E-state index < -0.39 is 0 Å².